The Morgan fingerprint density at radius 1 is 1.40 bits per heavy atom. The van der Waals surface area contributed by atoms with Gasteiger partial charge < -0.3 is 4.90 Å². The molecule has 1 atom stereocenters. The molecule has 5 heteroatoms. The molecule has 0 aliphatic heterocycles. The van der Waals surface area contributed by atoms with Crippen molar-refractivity contribution in [3.05, 3.63) is 17.5 Å². The van der Waals surface area contributed by atoms with Gasteiger partial charge in [0.15, 0.2) is 0 Å². The standard InChI is InChI=1S/C15H29N5/c1-12-10-13(20(4)18-12)11-14(17-16)15(19(2)3)8-6-5-7-9-15/h10,14,17H,5-9,11,16H2,1-4H3. The molecule has 0 spiro atoms. The molecule has 1 unspecified atom stereocenters. The number of hydrogen-bond acceptors (Lipinski definition) is 4. The van der Waals surface area contributed by atoms with Crippen LogP contribution in [0.15, 0.2) is 6.07 Å². The van der Waals surface area contributed by atoms with Crippen LogP contribution in [0, 0.1) is 6.92 Å². The molecular weight excluding hydrogens is 250 g/mol. The summed E-state index contributed by atoms with van der Waals surface area (Å²) in [5.41, 5.74) is 5.57. The Hall–Kier alpha value is -0.910. The Kier molecular flexibility index (Phi) is 4.83. The second-order valence-electron chi connectivity index (χ2n) is 6.38. The molecule has 1 aromatic heterocycles. The van der Waals surface area contributed by atoms with Gasteiger partial charge >= 0.3 is 0 Å². The van der Waals surface area contributed by atoms with Gasteiger partial charge in [-0.15, -0.1) is 0 Å². The first kappa shape index (κ1) is 15.5. The third-order valence-corrected chi connectivity index (χ3v) is 4.97. The van der Waals surface area contributed by atoms with Gasteiger partial charge in [-0.25, -0.2) is 0 Å². The van der Waals surface area contributed by atoms with Crippen LogP contribution in [0.4, 0.5) is 0 Å². The number of nitrogens with one attached hydrogen (secondary N) is 1. The molecule has 1 aromatic rings. The van der Waals surface area contributed by atoms with Crippen molar-refractivity contribution in [1.29, 1.82) is 0 Å². The Morgan fingerprint density at radius 3 is 2.50 bits per heavy atom. The molecule has 20 heavy (non-hydrogen) atoms. The number of rotatable bonds is 5. The van der Waals surface area contributed by atoms with Crippen LogP contribution in [0.2, 0.25) is 0 Å². The monoisotopic (exact) mass is 279 g/mol. The van der Waals surface area contributed by atoms with Crippen LogP contribution in [0.25, 0.3) is 0 Å². The fourth-order valence-electron chi connectivity index (χ4n) is 3.74. The van der Waals surface area contributed by atoms with E-state index in [4.69, 9.17) is 5.84 Å². The van der Waals surface area contributed by atoms with Gasteiger partial charge in [-0.05, 0) is 39.9 Å². The van der Waals surface area contributed by atoms with E-state index in [0.717, 1.165) is 12.1 Å². The highest BCUT2D eigenvalue weighted by molar-refractivity contribution is 5.13. The third-order valence-electron chi connectivity index (χ3n) is 4.97. The van der Waals surface area contributed by atoms with Gasteiger partial charge in [-0.2, -0.15) is 5.10 Å². The van der Waals surface area contributed by atoms with Crippen LogP contribution >= 0.6 is 0 Å². The Bertz CT molecular complexity index is 431. The van der Waals surface area contributed by atoms with E-state index in [9.17, 15) is 0 Å². The lowest BCUT2D eigenvalue weighted by Gasteiger charge is -2.48. The first-order valence-electron chi connectivity index (χ1n) is 7.62. The molecule has 1 fully saturated rings. The highest BCUT2D eigenvalue weighted by atomic mass is 15.3. The first-order valence-corrected chi connectivity index (χ1v) is 7.62. The summed E-state index contributed by atoms with van der Waals surface area (Å²) in [6.45, 7) is 2.04. The van der Waals surface area contributed by atoms with Crippen LogP contribution in [0.1, 0.15) is 43.5 Å². The van der Waals surface area contributed by atoms with Crippen LogP contribution < -0.4 is 11.3 Å². The number of aryl methyl sites for hydroxylation is 2. The topological polar surface area (TPSA) is 59.1 Å². The molecule has 0 aromatic carbocycles. The summed E-state index contributed by atoms with van der Waals surface area (Å²) in [6, 6.07) is 2.42. The maximum absolute atomic E-state index is 5.92. The summed E-state index contributed by atoms with van der Waals surface area (Å²) in [5, 5.41) is 4.45. The van der Waals surface area contributed by atoms with Crippen LogP contribution in [-0.2, 0) is 13.5 Å². The molecule has 0 amide bonds. The molecule has 2 rings (SSSR count). The van der Waals surface area contributed by atoms with E-state index in [1.54, 1.807) is 0 Å². The van der Waals surface area contributed by atoms with Gasteiger partial charge in [0.1, 0.15) is 0 Å². The molecule has 3 N–H and O–H groups in total. The van der Waals surface area contributed by atoms with E-state index in [1.165, 1.54) is 37.8 Å². The summed E-state index contributed by atoms with van der Waals surface area (Å²) in [7, 11) is 6.38. The molecule has 1 heterocycles. The van der Waals surface area contributed by atoms with Gasteiger partial charge in [0.25, 0.3) is 0 Å². The van der Waals surface area contributed by atoms with E-state index in [0.29, 0.717) is 0 Å². The van der Waals surface area contributed by atoms with E-state index < -0.39 is 0 Å². The molecule has 0 radical (unpaired) electrons. The van der Waals surface area contributed by atoms with Gasteiger partial charge in [-0.3, -0.25) is 16.0 Å². The highest BCUT2D eigenvalue weighted by Gasteiger charge is 2.41. The zero-order chi connectivity index (χ0) is 14.8. The number of nitrogens with zero attached hydrogens (tertiary/aromatic N) is 3. The van der Waals surface area contributed by atoms with Crippen molar-refractivity contribution in [3.63, 3.8) is 0 Å². The molecule has 5 nitrogen and oxygen atoms in total. The molecule has 0 saturated heterocycles. The Balaban J connectivity index is 2.22. The van der Waals surface area contributed by atoms with Crippen molar-refractivity contribution >= 4 is 0 Å². The first-order chi connectivity index (χ1) is 9.49. The normalized spacial score (nSPS) is 20.3. The maximum atomic E-state index is 5.92. The van der Waals surface area contributed by atoms with E-state index in [-0.39, 0.29) is 11.6 Å². The smallest absolute Gasteiger partial charge is 0.0596 e. The molecule has 1 saturated carbocycles. The number of nitrogens with two attached hydrogens (primary N) is 1. The van der Waals surface area contributed by atoms with Crippen molar-refractivity contribution in [3.8, 4) is 0 Å². The largest absolute Gasteiger partial charge is 0.302 e. The number of aromatic nitrogens is 2. The number of hydrogen-bond donors (Lipinski definition) is 2. The zero-order valence-corrected chi connectivity index (χ0v) is 13.3. The second-order valence-corrected chi connectivity index (χ2v) is 6.38. The Labute approximate surface area is 122 Å². The van der Waals surface area contributed by atoms with Crippen molar-refractivity contribution in [1.82, 2.24) is 20.1 Å². The quantitative estimate of drug-likeness (QED) is 0.631. The average Bonchev–Trinajstić information content (AvgIpc) is 2.74. The zero-order valence-electron chi connectivity index (χ0n) is 13.3. The fourth-order valence-corrected chi connectivity index (χ4v) is 3.74. The minimum absolute atomic E-state index is 0.158. The summed E-state index contributed by atoms with van der Waals surface area (Å²) in [6.07, 6.45) is 7.28. The summed E-state index contributed by atoms with van der Waals surface area (Å²) in [4.78, 5) is 2.37. The lowest BCUT2D eigenvalue weighted by atomic mass is 9.74. The van der Waals surface area contributed by atoms with Crippen LogP contribution in [0.3, 0.4) is 0 Å². The lowest BCUT2D eigenvalue weighted by Crippen LogP contribution is -2.62. The van der Waals surface area contributed by atoms with Gasteiger partial charge in [0, 0.05) is 30.7 Å². The van der Waals surface area contributed by atoms with Crippen molar-refractivity contribution in [2.24, 2.45) is 12.9 Å². The molecule has 0 bridgehead atoms. The summed E-state index contributed by atoms with van der Waals surface area (Å²) < 4.78 is 1.98. The Morgan fingerprint density at radius 2 is 2.05 bits per heavy atom. The predicted octanol–water partition coefficient (Wildman–Crippen LogP) is 1.37. The SMILES string of the molecule is Cc1cc(CC(NN)C2(N(C)C)CCCCC2)n(C)n1. The number of hydrazine groups is 1. The minimum atomic E-state index is 0.158. The van der Waals surface area contributed by atoms with E-state index in [2.05, 4.69) is 35.6 Å². The highest BCUT2D eigenvalue weighted by Crippen LogP contribution is 2.36. The van der Waals surface area contributed by atoms with Crippen molar-refractivity contribution in [2.45, 2.75) is 57.0 Å². The molecule has 114 valence electrons. The average molecular weight is 279 g/mol. The van der Waals surface area contributed by atoms with E-state index in [1.807, 2.05) is 18.7 Å². The number of likely N-dealkylation sites (N-methyl/N-ethyl adjacent to an activating group) is 1. The third kappa shape index (κ3) is 2.90. The van der Waals surface area contributed by atoms with Gasteiger partial charge in [0.05, 0.1) is 5.69 Å². The van der Waals surface area contributed by atoms with E-state index >= 15 is 0 Å². The molecule has 1 aliphatic rings. The van der Waals surface area contributed by atoms with Gasteiger partial charge in [0.2, 0.25) is 0 Å². The van der Waals surface area contributed by atoms with Gasteiger partial charge in [-0.1, -0.05) is 19.3 Å². The fraction of sp³-hybridized carbons (Fsp3) is 0.800. The maximum Gasteiger partial charge on any atom is 0.0596 e. The summed E-state index contributed by atoms with van der Waals surface area (Å²) in [5.74, 6) is 5.92. The molecular formula is C15H29N5. The van der Waals surface area contributed by atoms with Crippen LogP contribution in [-0.4, -0.2) is 40.4 Å². The van der Waals surface area contributed by atoms with Crippen molar-refractivity contribution < 1.29 is 0 Å². The van der Waals surface area contributed by atoms with Crippen molar-refractivity contribution in [2.75, 3.05) is 14.1 Å². The van der Waals surface area contributed by atoms with Crippen LogP contribution in [0.5, 0.6) is 0 Å². The predicted molar refractivity (Wildman–Crippen MR) is 82.3 cm³/mol. The summed E-state index contributed by atoms with van der Waals surface area (Å²) >= 11 is 0. The minimum Gasteiger partial charge on any atom is -0.302 e. The second kappa shape index (κ2) is 6.24. The lowest BCUT2D eigenvalue weighted by molar-refractivity contribution is 0.0562. The molecule has 1 aliphatic carbocycles.